The number of fused-ring (bicyclic) bond motifs is 2. The summed E-state index contributed by atoms with van der Waals surface area (Å²) in [6.07, 6.45) is 10.4. The number of hydrogen-bond donors (Lipinski definition) is 1. The molecule has 0 bridgehead atoms. The molecule has 2 saturated carbocycles. The maximum absolute atomic E-state index is 12.7. The molecule has 1 saturated heterocycles. The lowest BCUT2D eigenvalue weighted by Gasteiger charge is -2.35. The normalized spacial score (nSPS) is 28.0. The lowest BCUT2D eigenvalue weighted by Crippen LogP contribution is -2.35. The molecule has 0 aromatic heterocycles. The molecule has 2 aromatic carbocycles. The number of likely N-dealkylation sites (tertiary alicyclic amines) is 1. The van der Waals surface area contributed by atoms with Crippen molar-refractivity contribution >= 4 is 5.91 Å². The fourth-order valence-corrected chi connectivity index (χ4v) is 7.23. The van der Waals surface area contributed by atoms with Gasteiger partial charge in [-0.15, -0.1) is 0 Å². The van der Waals surface area contributed by atoms with Crippen LogP contribution in [0.15, 0.2) is 36.4 Å². The van der Waals surface area contributed by atoms with Crippen LogP contribution in [0.3, 0.4) is 0 Å². The van der Waals surface area contributed by atoms with Gasteiger partial charge < -0.3 is 29.2 Å². The van der Waals surface area contributed by atoms with Crippen LogP contribution >= 0.6 is 0 Å². The zero-order chi connectivity index (χ0) is 25.5. The zero-order valence-electron chi connectivity index (χ0n) is 22.1. The van der Waals surface area contributed by atoms with Crippen molar-refractivity contribution in [2.45, 2.75) is 69.7 Å². The van der Waals surface area contributed by atoms with Gasteiger partial charge in [0.15, 0.2) is 23.0 Å². The minimum atomic E-state index is 0.121. The number of amides is 1. The molecule has 2 aliphatic carbocycles. The molecule has 5 aliphatic rings. The standard InChI is InChI=1S/C31H38N2O5/c34-29(17-22-4-5-25-27(16-22)37-19-35-25)32-28-18-31(28)11-6-21(7-12-31)8-13-33-14-9-23(10-15-33)24-2-1-3-26-30(24)38-20-36-26/h1-5,16,21,23,28H,6-15,17-20H2,(H,32,34). The molecule has 0 radical (unpaired) electrons. The third-order valence-corrected chi connectivity index (χ3v) is 9.74. The van der Waals surface area contributed by atoms with Crippen LogP contribution in [0, 0.1) is 11.3 Å². The molecule has 3 fully saturated rings. The molecule has 1 atom stereocenters. The second-order valence-corrected chi connectivity index (χ2v) is 12.0. The van der Waals surface area contributed by atoms with E-state index in [0.717, 1.165) is 40.9 Å². The Bertz CT molecular complexity index is 1180. The first-order valence-corrected chi connectivity index (χ1v) is 14.4. The van der Waals surface area contributed by atoms with E-state index in [-0.39, 0.29) is 12.7 Å². The van der Waals surface area contributed by atoms with E-state index in [4.69, 9.17) is 18.9 Å². The molecule has 1 N–H and O–H groups in total. The Kier molecular flexibility index (Phi) is 6.35. The van der Waals surface area contributed by atoms with Gasteiger partial charge in [0.25, 0.3) is 0 Å². The number of carbonyl (C=O) groups is 1. The summed E-state index contributed by atoms with van der Waals surface area (Å²) in [5.74, 6) is 4.90. The Balaban J connectivity index is 0.822. The van der Waals surface area contributed by atoms with E-state index in [1.807, 2.05) is 24.3 Å². The summed E-state index contributed by atoms with van der Waals surface area (Å²) in [7, 11) is 0. The number of nitrogens with one attached hydrogen (secondary N) is 1. The van der Waals surface area contributed by atoms with Crippen LogP contribution in [0.4, 0.5) is 0 Å². The van der Waals surface area contributed by atoms with E-state index in [2.05, 4.69) is 22.3 Å². The van der Waals surface area contributed by atoms with Gasteiger partial charge in [0.05, 0.1) is 6.42 Å². The monoisotopic (exact) mass is 518 g/mol. The molecule has 7 nitrogen and oxygen atoms in total. The Morgan fingerprint density at radius 1 is 0.921 bits per heavy atom. The fraction of sp³-hybridized carbons (Fsp3) is 0.581. The van der Waals surface area contributed by atoms with E-state index in [1.165, 1.54) is 70.1 Å². The van der Waals surface area contributed by atoms with Gasteiger partial charge in [-0.2, -0.15) is 0 Å². The number of carbonyl (C=O) groups excluding carboxylic acids is 1. The van der Waals surface area contributed by atoms with Crippen LogP contribution < -0.4 is 24.3 Å². The van der Waals surface area contributed by atoms with Crippen molar-refractivity contribution in [3.63, 3.8) is 0 Å². The second-order valence-electron chi connectivity index (χ2n) is 12.0. The SMILES string of the molecule is O=C(Cc1ccc2c(c1)OCO2)NC1CC12CCC(CCN1CCC(c3cccc4c3OCO4)CC1)CC2. The van der Waals surface area contributed by atoms with Gasteiger partial charge >= 0.3 is 0 Å². The minimum Gasteiger partial charge on any atom is -0.454 e. The number of ether oxygens (including phenoxy) is 4. The van der Waals surface area contributed by atoms with E-state index < -0.39 is 0 Å². The van der Waals surface area contributed by atoms with Crippen molar-refractivity contribution in [1.82, 2.24) is 10.2 Å². The van der Waals surface area contributed by atoms with Crippen LogP contribution in [0.5, 0.6) is 23.0 Å². The summed E-state index contributed by atoms with van der Waals surface area (Å²) >= 11 is 0. The summed E-state index contributed by atoms with van der Waals surface area (Å²) in [6, 6.07) is 12.5. The van der Waals surface area contributed by atoms with E-state index in [0.29, 0.717) is 30.6 Å². The number of hydrogen-bond acceptors (Lipinski definition) is 6. The smallest absolute Gasteiger partial charge is 0.231 e. The molecule has 7 heteroatoms. The molecular formula is C31H38N2O5. The molecule has 2 aromatic rings. The predicted molar refractivity (Wildman–Crippen MR) is 143 cm³/mol. The molecular weight excluding hydrogens is 480 g/mol. The van der Waals surface area contributed by atoms with Gasteiger partial charge in [0, 0.05) is 11.6 Å². The summed E-state index contributed by atoms with van der Waals surface area (Å²) in [6.45, 7) is 4.16. The van der Waals surface area contributed by atoms with Crippen LogP contribution in [-0.2, 0) is 11.2 Å². The molecule has 1 unspecified atom stereocenters. The van der Waals surface area contributed by atoms with Crippen LogP contribution in [0.2, 0.25) is 0 Å². The highest BCUT2D eigenvalue weighted by Gasteiger charge is 2.55. The number of rotatable bonds is 7. The van der Waals surface area contributed by atoms with Crippen molar-refractivity contribution in [3.05, 3.63) is 47.5 Å². The van der Waals surface area contributed by atoms with Crippen LogP contribution in [-0.4, -0.2) is 50.1 Å². The lowest BCUT2D eigenvalue weighted by atomic mass is 9.78. The highest BCUT2D eigenvalue weighted by molar-refractivity contribution is 5.79. The molecule has 1 amide bonds. The van der Waals surface area contributed by atoms with E-state index >= 15 is 0 Å². The third-order valence-electron chi connectivity index (χ3n) is 9.74. The van der Waals surface area contributed by atoms with E-state index in [9.17, 15) is 4.79 Å². The maximum Gasteiger partial charge on any atom is 0.231 e. The van der Waals surface area contributed by atoms with Crippen LogP contribution in [0.1, 0.15) is 68.4 Å². The molecule has 3 heterocycles. The highest BCUT2D eigenvalue weighted by atomic mass is 16.7. The first-order valence-electron chi connectivity index (χ1n) is 14.4. The summed E-state index contributed by atoms with van der Waals surface area (Å²) in [5, 5.41) is 3.33. The van der Waals surface area contributed by atoms with Gasteiger partial charge in [-0.25, -0.2) is 0 Å². The number of piperidine rings is 1. The Labute approximate surface area is 224 Å². The molecule has 202 valence electrons. The van der Waals surface area contributed by atoms with Crippen molar-refractivity contribution in [1.29, 1.82) is 0 Å². The molecule has 3 aliphatic heterocycles. The van der Waals surface area contributed by atoms with E-state index in [1.54, 1.807) is 0 Å². The van der Waals surface area contributed by atoms with Crippen LogP contribution in [0.25, 0.3) is 0 Å². The van der Waals surface area contributed by atoms with Gasteiger partial charge in [0.2, 0.25) is 19.5 Å². The third kappa shape index (κ3) is 4.81. The quantitative estimate of drug-likeness (QED) is 0.555. The summed E-state index contributed by atoms with van der Waals surface area (Å²) in [4.78, 5) is 15.4. The molecule has 1 spiro atoms. The Morgan fingerprint density at radius 2 is 1.71 bits per heavy atom. The summed E-state index contributed by atoms with van der Waals surface area (Å²) < 4.78 is 22.2. The minimum absolute atomic E-state index is 0.121. The van der Waals surface area contributed by atoms with Crippen molar-refractivity contribution in [3.8, 4) is 23.0 Å². The van der Waals surface area contributed by atoms with Crippen molar-refractivity contribution < 1.29 is 23.7 Å². The molecule has 38 heavy (non-hydrogen) atoms. The van der Waals surface area contributed by atoms with Gasteiger partial charge in [-0.05, 0) is 112 Å². The van der Waals surface area contributed by atoms with Gasteiger partial charge in [-0.1, -0.05) is 18.2 Å². The molecule has 7 rings (SSSR count). The first kappa shape index (κ1) is 24.1. The lowest BCUT2D eigenvalue weighted by molar-refractivity contribution is -0.120. The average molecular weight is 519 g/mol. The van der Waals surface area contributed by atoms with Gasteiger partial charge in [-0.3, -0.25) is 4.79 Å². The largest absolute Gasteiger partial charge is 0.454 e. The maximum atomic E-state index is 12.7. The van der Waals surface area contributed by atoms with Crippen molar-refractivity contribution in [2.24, 2.45) is 11.3 Å². The predicted octanol–water partition coefficient (Wildman–Crippen LogP) is 5.02. The Morgan fingerprint density at radius 3 is 2.58 bits per heavy atom. The number of nitrogens with zero attached hydrogens (tertiary/aromatic N) is 1. The second kappa shape index (κ2) is 9.99. The Hall–Kier alpha value is -2.93. The zero-order valence-corrected chi connectivity index (χ0v) is 22.1. The van der Waals surface area contributed by atoms with Gasteiger partial charge in [0.1, 0.15) is 0 Å². The number of benzene rings is 2. The first-order chi connectivity index (χ1) is 18.6. The topological polar surface area (TPSA) is 69.3 Å². The summed E-state index contributed by atoms with van der Waals surface area (Å²) in [5.41, 5.74) is 2.67. The fourth-order valence-electron chi connectivity index (χ4n) is 7.23. The highest BCUT2D eigenvalue weighted by Crippen LogP contribution is 2.57. The number of para-hydroxylation sites is 1. The average Bonchev–Trinajstić information content (AvgIpc) is 3.30. The van der Waals surface area contributed by atoms with Crippen molar-refractivity contribution in [2.75, 3.05) is 33.2 Å².